The molecule has 2 N–H and O–H groups in total. The second-order valence-corrected chi connectivity index (χ2v) is 7.10. The highest BCUT2D eigenvalue weighted by Crippen LogP contribution is 2.12. The summed E-state index contributed by atoms with van der Waals surface area (Å²) in [6, 6.07) is 0. The lowest BCUT2D eigenvalue weighted by molar-refractivity contribution is 0.312. The number of nitrogens with one attached hydrogen (secondary N) is 2. The molecular weight excluding hydrogens is 238 g/mol. The van der Waals surface area contributed by atoms with E-state index in [-0.39, 0.29) is 0 Å². The van der Waals surface area contributed by atoms with Crippen molar-refractivity contribution in [3.8, 4) is 0 Å². The molecule has 1 fully saturated rings. The van der Waals surface area contributed by atoms with Crippen LogP contribution in [0.1, 0.15) is 26.7 Å². The topological polar surface area (TPSA) is 61.4 Å². The Hall–Kier alpha value is -0.170. The summed E-state index contributed by atoms with van der Waals surface area (Å²) in [7, 11) is -1.65. The van der Waals surface area contributed by atoms with Gasteiger partial charge in [-0.3, -0.25) is 0 Å². The molecule has 0 amide bonds. The maximum atomic E-state index is 11.9. The van der Waals surface area contributed by atoms with Crippen LogP contribution in [0.3, 0.4) is 0 Å². The molecule has 102 valence electrons. The van der Waals surface area contributed by atoms with Crippen molar-refractivity contribution < 1.29 is 8.42 Å². The Kier molecular flexibility index (Phi) is 5.85. The van der Waals surface area contributed by atoms with Gasteiger partial charge in [-0.2, -0.15) is 12.7 Å². The minimum atomic E-state index is -3.30. The fourth-order valence-electron chi connectivity index (χ4n) is 1.92. The number of rotatable bonds is 6. The molecule has 1 saturated heterocycles. The zero-order valence-electron chi connectivity index (χ0n) is 11.1. The Morgan fingerprint density at radius 2 is 2.18 bits per heavy atom. The van der Waals surface area contributed by atoms with E-state index < -0.39 is 10.2 Å². The van der Waals surface area contributed by atoms with Crippen LogP contribution in [-0.4, -0.2) is 45.9 Å². The van der Waals surface area contributed by atoms with Crippen molar-refractivity contribution in [2.24, 2.45) is 11.8 Å². The zero-order valence-corrected chi connectivity index (χ0v) is 11.9. The smallest absolute Gasteiger partial charge is 0.279 e. The van der Waals surface area contributed by atoms with Gasteiger partial charge < -0.3 is 5.32 Å². The van der Waals surface area contributed by atoms with E-state index >= 15 is 0 Å². The summed E-state index contributed by atoms with van der Waals surface area (Å²) in [5, 5.41) is 3.30. The van der Waals surface area contributed by atoms with Gasteiger partial charge in [0.25, 0.3) is 10.2 Å². The molecule has 0 bridgehead atoms. The van der Waals surface area contributed by atoms with Gasteiger partial charge in [-0.1, -0.05) is 13.8 Å². The van der Waals surface area contributed by atoms with Crippen LogP contribution in [0.15, 0.2) is 0 Å². The van der Waals surface area contributed by atoms with Crippen LogP contribution < -0.4 is 10.0 Å². The average Bonchev–Trinajstić information content (AvgIpc) is 2.28. The third kappa shape index (κ3) is 5.33. The third-order valence-electron chi connectivity index (χ3n) is 3.00. The molecular formula is C11H25N3O2S. The Morgan fingerprint density at radius 3 is 2.71 bits per heavy atom. The van der Waals surface area contributed by atoms with Gasteiger partial charge in [0.2, 0.25) is 0 Å². The first-order chi connectivity index (χ1) is 7.92. The van der Waals surface area contributed by atoms with Gasteiger partial charge in [0, 0.05) is 20.1 Å². The zero-order chi connectivity index (χ0) is 12.9. The molecule has 1 aliphatic heterocycles. The summed E-state index contributed by atoms with van der Waals surface area (Å²) in [6.45, 7) is 7.06. The quantitative estimate of drug-likeness (QED) is 0.729. The standard InChI is InChI=1S/C11H25N3O2S/c1-10(2)7-13-17(15,16)14(3)9-11-5-4-6-12-8-11/h10-13H,4-9H2,1-3H3. The molecule has 0 aromatic rings. The fourth-order valence-corrected chi connectivity index (χ4v) is 3.10. The summed E-state index contributed by atoms with van der Waals surface area (Å²) in [6.07, 6.45) is 2.25. The van der Waals surface area contributed by atoms with Gasteiger partial charge >= 0.3 is 0 Å². The number of hydrogen-bond donors (Lipinski definition) is 2. The van der Waals surface area contributed by atoms with Gasteiger partial charge in [-0.15, -0.1) is 0 Å². The lowest BCUT2D eigenvalue weighted by atomic mass is 10.00. The van der Waals surface area contributed by atoms with Crippen LogP contribution >= 0.6 is 0 Å². The second-order valence-electron chi connectivity index (χ2n) is 5.24. The van der Waals surface area contributed by atoms with Crippen LogP contribution in [0.4, 0.5) is 0 Å². The van der Waals surface area contributed by atoms with Crippen LogP contribution in [0.5, 0.6) is 0 Å². The SMILES string of the molecule is CC(C)CNS(=O)(=O)N(C)CC1CCCNC1. The Morgan fingerprint density at radius 1 is 1.47 bits per heavy atom. The Bertz CT molecular complexity index is 311. The highest BCUT2D eigenvalue weighted by atomic mass is 32.2. The molecule has 5 nitrogen and oxygen atoms in total. The van der Waals surface area contributed by atoms with Gasteiger partial charge in [0.1, 0.15) is 0 Å². The molecule has 0 radical (unpaired) electrons. The molecule has 0 aromatic heterocycles. The average molecular weight is 263 g/mol. The first-order valence-corrected chi connectivity index (χ1v) is 7.77. The largest absolute Gasteiger partial charge is 0.316 e. The van der Waals surface area contributed by atoms with Crippen molar-refractivity contribution in [1.29, 1.82) is 0 Å². The summed E-state index contributed by atoms with van der Waals surface area (Å²) < 4.78 is 27.9. The molecule has 1 heterocycles. The molecule has 0 saturated carbocycles. The van der Waals surface area contributed by atoms with Crippen LogP contribution in [0, 0.1) is 11.8 Å². The Balaban J connectivity index is 2.41. The Labute approximate surface area is 105 Å². The lowest BCUT2D eigenvalue weighted by Gasteiger charge is -2.27. The van der Waals surface area contributed by atoms with Crippen molar-refractivity contribution in [3.63, 3.8) is 0 Å². The minimum absolute atomic E-state index is 0.328. The van der Waals surface area contributed by atoms with E-state index in [9.17, 15) is 8.42 Å². The van der Waals surface area contributed by atoms with E-state index in [0.717, 1.165) is 25.9 Å². The molecule has 1 atom stereocenters. The number of hydrogen-bond acceptors (Lipinski definition) is 3. The van der Waals surface area contributed by atoms with Gasteiger partial charge in [0.15, 0.2) is 0 Å². The van der Waals surface area contributed by atoms with Gasteiger partial charge in [-0.25, -0.2) is 4.72 Å². The number of nitrogens with zero attached hydrogens (tertiary/aromatic N) is 1. The first-order valence-electron chi connectivity index (χ1n) is 6.33. The lowest BCUT2D eigenvalue weighted by Crippen LogP contribution is -2.44. The van der Waals surface area contributed by atoms with Crippen LogP contribution in [0.25, 0.3) is 0 Å². The van der Waals surface area contributed by atoms with E-state index in [1.165, 1.54) is 4.31 Å². The molecule has 1 unspecified atom stereocenters. The number of piperidine rings is 1. The molecule has 0 aliphatic carbocycles. The van der Waals surface area contributed by atoms with E-state index in [0.29, 0.717) is 24.9 Å². The van der Waals surface area contributed by atoms with Gasteiger partial charge in [0.05, 0.1) is 0 Å². The van der Waals surface area contributed by atoms with Crippen LogP contribution in [0.2, 0.25) is 0 Å². The highest BCUT2D eigenvalue weighted by Gasteiger charge is 2.22. The minimum Gasteiger partial charge on any atom is -0.316 e. The predicted octanol–water partition coefficient (Wildman–Crippen LogP) is 0.408. The molecule has 17 heavy (non-hydrogen) atoms. The van der Waals surface area contributed by atoms with E-state index in [2.05, 4.69) is 10.0 Å². The third-order valence-corrected chi connectivity index (χ3v) is 4.50. The van der Waals surface area contributed by atoms with Crippen molar-refractivity contribution >= 4 is 10.2 Å². The van der Waals surface area contributed by atoms with E-state index in [4.69, 9.17) is 0 Å². The summed E-state index contributed by atoms with van der Waals surface area (Å²) in [5.74, 6) is 0.763. The normalized spacial score (nSPS) is 22.3. The van der Waals surface area contributed by atoms with Crippen molar-refractivity contribution in [3.05, 3.63) is 0 Å². The van der Waals surface area contributed by atoms with Crippen molar-refractivity contribution in [1.82, 2.24) is 14.3 Å². The summed E-state index contributed by atoms with van der Waals surface area (Å²) in [4.78, 5) is 0. The molecule has 1 aliphatic rings. The summed E-state index contributed by atoms with van der Waals surface area (Å²) >= 11 is 0. The van der Waals surface area contributed by atoms with E-state index in [1.54, 1.807) is 7.05 Å². The molecule has 0 spiro atoms. The first kappa shape index (κ1) is 14.9. The monoisotopic (exact) mass is 263 g/mol. The fraction of sp³-hybridized carbons (Fsp3) is 1.00. The van der Waals surface area contributed by atoms with Crippen molar-refractivity contribution in [2.45, 2.75) is 26.7 Å². The van der Waals surface area contributed by atoms with Crippen molar-refractivity contribution in [2.75, 3.05) is 33.2 Å². The maximum absolute atomic E-state index is 11.9. The molecule has 0 aromatic carbocycles. The molecule has 1 rings (SSSR count). The van der Waals surface area contributed by atoms with Gasteiger partial charge in [-0.05, 0) is 37.8 Å². The summed E-state index contributed by atoms with van der Waals surface area (Å²) in [5.41, 5.74) is 0. The maximum Gasteiger partial charge on any atom is 0.279 e. The van der Waals surface area contributed by atoms with E-state index in [1.807, 2.05) is 13.8 Å². The van der Waals surface area contributed by atoms with Crippen LogP contribution in [-0.2, 0) is 10.2 Å². The highest BCUT2D eigenvalue weighted by molar-refractivity contribution is 7.87. The molecule has 6 heteroatoms. The predicted molar refractivity (Wildman–Crippen MR) is 70.0 cm³/mol. The second kappa shape index (κ2) is 6.68.